The van der Waals surface area contributed by atoms with Gasteiger partial charge in [-0.2, -0.15) is 0 Å². The topological polar surface area (TPSA) is 102 Å². The summed E-state index contributed by atoms with van der Waals surface area (Å²) < 4.78 is 11.2. The fourth-order valence-electron chi connectivity index (χ4n) is 3.75. The lowest BCUT2D eigenvalue weighted by atomic mass is 10.1. The van der Waals surface area contributed by atoms with Crippen molar-refractivity contribution < 1.29 is 24.4 Å². The number of benzene rings is 3. The molecular formula is C25H28N3O4+. The van der Waals surface area contributed by atoms with Crippen molar-refractivity contribution in [3.63, 3.8) is 0 Å². The number of aliphatic hydroxyl groups excluding tert-OH is 1. The number of hydrogen-bond acceptors (Lipinski definition) is 6. The van der Waals surface area contributed by atoms with Crippen LogP contribution in [-0.4, -0.2) is 42.4 Å². The van der Waals surface area contributed by atoms with Crippen molar-refractivity contribution in [2.45, 2.75) is 26.2 Å². The second kappa shape index (κ2) is 10.3. The summed E-state index contributed by atoms with van der Waals surface area (Å²) in [6.07, 6.45) is 1.73. The summed E-state index contributed by atoms with van der Waals surface area (Å²) >= 11 is 0. The lowest BCUT2D eigenvalue weighted by Crippen LogP contribution is -2.78. The van der Waals surface area contributed by atoms with Crippen LogP contribution < -0.4 is 10.7 Å². The van der Waals surface area contributed by atoms with Gasteiger partial charge in [0.05, 0.1) is 18.5 Å². The Morgan fingerprint density at radius 2 is 2.00 bits per heavy atom. The average Bonchev–Trinajstić information content (AvgIpc) is 2.81. The van der Waals surface area contributed by atoms with Crippen LogP contribution >= 0.6 is 0 Å². The molecule has 1 heterocycles. The molecule has 7 nitrogen and oxygen atoms in total. The highest BCUT2D eigenvalue weighted by Crippen LogP contribution is 2.32. The number of carbonyl (C=O) groups excluding carboxylic acids is 1. The molecule has 4 rings (SSSR count). The molecule has 0 spiro atoms. The van der Waals surface area contributed by atoms with Gasteiger partial charge in [0.1, 0.15) is 16.9 Å². The molecular weight excluding hydrogens is 406 g/mol. The molecule has 32 heavy (non-hydrogen) atoms. The van der Waals surface area contributed by atoms with E-state index in [0.717, 1.165) is 46.0 Å². The van der Waals surface area contributed by atoms with E-state index >= 15 is 0 Å². The highest BCUT2D eigenvalue weighted by atomic mass is 16.5. The molecule has 0 saturated carbocycles. The minimum absolute atomic E-state index is 0.171. The van der Waals surface area contributed by atoms with Crippen LogP contribution in [0.3, 0.4) is 0 Å². The summed E-state index contributed by atoms with van der Waals surface area (Å²) in [5, 5.41) is 14.2. The van der Waals surface area contributed by atoms with Crippen molar-refractivity contribution >= 4 is 33.5 Å². The quantitative estimate of drug-likeness (QED) is 0.139. The molecule has 0 saturated heterocycles. The maximum Gasteiger partial charge on any atom is 0.305 e. The van der Waals surface area contributed by atoms with E-state index < -0.39 is 0 Å². The largest absolute Gasteiger partial charge is 0.466 e. The summed E-state index contributed by atoms with van der Waals surface area (Å²) in [6, 6.07) is 15.9. The standard InChI is InChI=1S/C25H27N3O4/c1-2-31-24(30)9-5-12-26-17-10-11-20-22(15-17)32-23-16-21(27-13-6-14-29)18-7-3-4-8-19(18)25(23)28-20/h3-4,7-8,10-11,15-16,27,29H,2,5-6,9,12-14H2,1H3/p+1. The third-order valence-corrected chi connectivity index (χ3v) is 5.27. The van der Waals surface area contributed by atoms with E-state index in [-0.39, 0.29) is 12.6 Å². The molecule has 0 radical (unpaired) electrons. The van der Waals surface area contributed by atoms with Crippen molar-refractivity contribution in [2.75, 3.05) is 26.3 Å². The first-order valence-electron chi connectivity index (χ1n) is 11.1. The van der Waals surface area contributed by atoms with E-state index in [1.807, 2.05) is 36.4 Å². The molecule has 7 heteroatoms. The molecule has 0 fully saturated rings. The van der Waals surface area contributed by atoms with Crippen molar-refractivity contribution in [2.24, 2.45) is 4.99 Å². The Kier molecular flexibility index (Phi) is 7.09. The van der Waals surface area contributed by atoms with Crippen LogP contribution in [0.25, 0.3) is 33.3 Å². The first kappa shape index (κ1) is 21.9. The second-order valence-corrected chi connectivity index (χ2v) is 7.58. The van der Waals surface area contributed by atoms with E-state index in [4.69, 9.17) is 19.2 Å². The average molecular weight is 435 g/mol. The number of carbonyl (C=O) groups is 1. The third kappa shape index (κ3) is 4.95. The Morgan fingerprint density at radius 3 is 2.81 bits per heavy atom. The van der Waals surface area contributed by atoms with Crippen molar-refractivity contribution in [3.05, 3.63) is 53.9 Å². The molecule has 0 atom stereocenters. The van der Waals surface area contributed by atoms with Crippen LogP contribution in [0.2, 0.25) is 0 Å². The van der Waals surface area contributed by atoms with Gasteiger partial charge >= 0.3 is 5.97 Å². The molecule has 0 aromatic heterocycles. The van der Waals surface area contributed by atoms with E-state index in [9.17, 15) is 4.79 Å². The number of aliphatic hydroxyl groups is 1. The molecule has 1 aliphatic carbocycles. The molecule has 1 aliphatic heterocycles. The van der Waals surface area contributed by atoms with Gasteiger partial charge in [-0.25, -0.2) is 4.98 Å². The normalized spacial score (nSPS) is 12.1. The zero-order valence-electron chi connectivity index (χ0n) is 18.2. The smallest absolute Gasteiger partial charge is 0.305 e. The number of aromatic nitrogens is 1. The number of quaternary nitrogens is 1. The summed E-state index contributed by atoms with van der Waals surface area (Å²) in [4.78, 5) is 20.9. The Hall–Kier alpha value is -3.29. The summed E-state index contributed by atoms with van der Waals surface area (Å²) in [6.45, 7) is 3.71. The summed E-state index contributed by atoms with van der Waals surface area (Å²) in [5.41, 5.74) is 3.38. The van der Waals surface area contributed by atoms with Gasteiger partial charge in [0, 0.05) is 48.9 Å². The summed E-state index contributed by atoms with van der Waals surface area (Å²) in [5.74, 6) is 0.478. The van der Waals surface area contributed by atoms with Gasteiger partial charge in [-0.1, -0.05) is 18.2 Å². The van der Waals surface area contributed by atoms with Crippen molar-refractivity contribution in [1.82, 2.24) is 4.98 Å². The molecule has 166 valence electrons. The number of nitrogens with zero attached hydrogens (tertiary/aromatic N) is 2. The molecule has 0 amide bonds. The zero-order chi connectivity index (χ0) is 22.3. The third-order valence-electron chi connectivity index (χ3n) is 5.27. The maximum atomic E-state index is 11.5. The minimum Gasteiger partial charge on any atom is -0.466 e. The Morgan fingerprint density at radius 1 is 1.16 bits per heavy atom. The predicted molar refractivity (Wildman–Crippen MR) is 123 cm³/mol. The maximum absolute atomic E-state index is 11.5. The van der Waals surface area contributed by atoms with Gasteiger partial charge in [-0.3, -0.25) is 9.79 Å². The predicted octanol–water partition coefficient (Wildman–Crippen LogP) is 2.91. The lowest BCUT2D eigenvalue weighted by Gasteiger charge is -2.11. The number of ether oxygens (including phenoxy) is 1. The van der Waals surface area contributed by atoms with Gasteiger partial charge < -0.3 is 19.6 Å². The molecule has 2 aromatic carbocycles. The molecule has 0 unspecified atom stereocenters. The molecule has 2 aromatic rings. The van der Waals surface area contributed by atoms with Crippen LogP contribution in [0, 0.1) is 0 Å². The van der Waals surface area contributed by atoms with Crippen LogP contribution in [-0.2, 0) is 9.53 Å². The van der Waals surface area contributed by atoms with E-state index in [1.165, 1.54) is 0 Å². The van der Waals surface area contributed by atoms with E-state index in [1.54, 1.807) is 6.92 Å². The van der Waals surface area contributed by atoms with Crippen LogP contribution in [0.1, 0.15) is 26.2 Å². The number of esters is 1. The Labute approximate surface area is 186 Å². The zero-order valence-corrected chi connectivity index (χ0v) is 18.2. The van der Waals surface area contributed by atoms with Crippen LogP contribution in [0.5, 0.6) is 0 Å². The molecule has 2 aliphatic rings. The first-order valence-corrected chi connectivity index (χ1v) is 11.1. The Balaban J connectivity index is 1.67. The van der Waals surface area contributed by atoms with Crippen LogP contribution in [0.4, 0.5) is 5.69 Å². The SMILES string of the molecule is CCOC(=O)CCCN=c1ccc2nc3c(cc([NH2+]CCCO)c4ccccc43)oc-2c1. The number of fused-ring (bicyclic) bond motifs is 4. The number of rotatable bonds is 9. The highest BCUT2D eigenvalue weighted by molar-refractivity contribution is 6.08. The van der Waals surface area contributed by atoms with E-state index in [2.05, 4.69) is 22.4 Å². The van der Waals surface area contributed by atoms with Crippen LogP contribution in [0.15, 0.2) is 57.9 Å². The molecule has 3 N–H and O–H groups in total. The van der Waals surface area contributed by atoms with Crippen molar-refractivity contribution in [1.29, 1.82) is 0 Å². The number of hydrogen-bond donors (Lipinski definition) is 2. The van der Waals surface area contributed by atoms with E-state index in [0.29, 0.717) is 37.3 Å². The monoisotopic (exact) mass is 434 g/mol. The summed E-state index contributed by atoms with van der Waals surface area (Å²) in [7, 11) is 0. The fourth-order valence-corrected chi connectivity index (χ4v) is 3.75. The van der Waals surface area contributed by atoms with Gasteiger partial charge in [0.25, 0.3) is 0 Å². The lowest BCUT2D eigenvalue weighted by molar-refractivity contribution is -0.570. The minimum atomic E-state index is -0.189. The highest BCUT2D eigenvalue weighted by Gasteiger charge is 2.15. The Bertz CT molecular complexity index is 1270. The fraction of sp³-hybridized carbons (Fsp3) is 0.320. The van der Waals surface area contributed by atoms with Gasteiger partial charge in [0.15, 0.2) is 11.3 Å². The number of nitrogens with two attached hydrogens (primary N) is 1. The van der Waals surface area contributed by atoms with Gasteiger partial charge in [-0.05, 0) is 31.5 Å². The second-order valence-electron chi connectivity index (χ2n) is 7.58. The van der Waals surface area contributed by atoms with Crippen molar-refractivity contribution in [3.8, 4) is 11.5 Å². The van der Waals surface area contributed by atoms with Gasteiger partial charge in [0.2, 0.25) is 0 Å². The molecule has 0 bridgehead atoms. The van der Waals surface area contributed by atoms with Gasteiger partial charge in [-0.15, -0.1) is 0 Å². The first-order chi connectivity index (χ1) is 15.7.